The van der Waals surface area contributed by atoms with Crippen molar-refractivity contribution in [1.82, 2.24) is 47.2 Å². The number of hydrogen-bond donors (Lipinski definition) is 12. The van der Waals surface area contributed by atoms with Crippen LogP contribution in [0.25, 0.3) is 0 Å². The average molecular weight is 654 g/mol. The molecule has 0 bridgehead atoms. The summed E-state index contributed by atoms with van der Waals surface area (Å²) >= 11 is 0. The number of amides is 10. The van der Waals surface area contributed by atoms with Gasteiger partial charge < -0.3 is 65.1 Å². The molecule has 1 rings (SSSR count). The molecule has 0 saturated heterocycles. The van der Waals surface area contributed by atoms with E-state index in [0.29, 0.717) is 5.69 Å². The van der Waals surface area contributed by atoms with Crippen molar-refractivity contribution in [1.29, 1.82) is 0 Å². The summed E-state index contributed by atoms with van der Waals surface area (Å²) in [7, 11) is 0. The van der Waals surface area contributed by atoms with E-state index < -0.39 is 116 Å². The van der Waals surface area contributed by atoms with Crippen molar-refractivity contribution in [2.24, 2.45) is 22.9 Å². The molecule has 0 aliphatic heterocycles. The molecule has 0 unspecified atom stereocenters. The smallest absolute Gasteiger partial charge is 0.253 e. The van der Waals surface area contributed by atoms with Crippen LogP contribution < -0.4 is 60.2 Å². The van der Waals surface area contributed by atoms with E-state index in [4.69, 9.17) is 22.9 Å². The van der Waals surface area contributed by atoms with Crippen molar-refractivity contribution in [2.75, 3.05) is 32.7 Å². The Balaban J connectivity index is 2.64. The first-order valence-corrected chi connectivity index (χ1v) is 13.1. The van der Waals surface area contributed by atoms with E-state index in [0.717, 1.165) is 0 Å². The lowest BCUT2D eigenvalue weighted by Crippen LogP contribution is -2.60. The summed E-state index contributed by atoms with van der Waals surface area (Å²) in [5.74, 6) is -9.37. The maximum atomic E-state index is 12.9. The van der Waals surface area contributed by atoms with Crippen molar-refractivity contribution in [3.63, 3.8) is 0 Å². The van der Waals surface area contributed by atoms with E-state index in [1.807, 2.05) is 5.32 Å². The number of carbonyl (C=O) groups is 10. The zero-order valence-electron chi connectivity index (χ0n) is 24.2. The van der Waals surface area contributed by atoms with Crippen molar-refractivity contribution in [2.45, 2.75) is 31.0 Å². The predicted octanol–water partition coefficient (Wildman–Crippen LogP) is -9.32. The molecule has 0 saturated carbocycles. The van der Waals surface area contributed by atoms with Crippen molar-refractivity contribution in [3.05, 3.63) is 18.2 Å². The Morgan fingerprint density at radius 3 is 1.59 bits per heavy atom. The molecule has 23 nitrogen and oxygen atoms in total. The molecule has 0 aliphatic carbocycles. The van der Waals surface area contributed by atoms with Crippen LogP contribution in [0.1, 0.15) is 12.1 Å². The highest BCUT2D eigenvalue weighted by molar-refractivity contribution is 6.08. The Labute approximate surface area is 259 Å². The van der Waals surface area contributed by atoms with Gasteiger partial charge in [0.15, 0.2) is 6.04 Å². The standard InChI is InChI=1S/C23H35N13O10/c24-11(2-13(25)37)21(44)36-19(20(27)43)23(46)35-12(1-10-3-28-9-34-10)22(45)33-8-18(42)32-7-17(41)31-6-16(40)30-5-15(39)29-4-14(26)38/h3,9,11-12,19H,1-2,4-8,24H2,(H2,25,37)(H2,26,38)(H2,27,43)(H,28,34)(H,29,39)(H,30,40)(H,31,41)(H,32,42)(H,33,45)(H,35,46)(H,36,44)/t11-,12-,19-/m0/s1. The number of H-pyrrole nitrogens is 1. The first-order chi connectivity index (χ1) is 21.6. The van der Waals surface area contributed by atoms with Crippen molar-refractivity contribution < 1.29 is 47.9 Å². The largest absolute Gasteiger partial charge is 0.370 e. The van der Waals surface area contributed by atoms with Gasteiger partial charge in [0.1, 0.15) is 6.04 Å². The van der Waals surface area contributed by atoms with Gasteiger partial charge in [0.2, 0.25) is 53.2 Å². The minimum Gasteiger partial charge on any atom is -0.370 e. The molecule has 0 fully saturated rings. The molecule has 0 aliphatic rings. The van der Waals surface area contributed by atoms with E-state index in [1.165, 1.54) is 12.5 Å². The van der Waals surface area contributed by atoms with Gasteiger partial charge in [-0.2, -0.15) is 0 Å². The Hall–Kier alpha value is -6.13. The van der Waals surface area contributed by atoms with Crippen LogP contribution in [-0.4, -0.2) is 120 Å². The van der Waals surface area contributed by atoms with Crippen LogP contribution >= 0.6 is 0 Å². The molecule has 1 aromatic rings. The van der Waals surface area contributed by atoms with E-state index >= 15 is 0 Å². The van der Waals surface area contributed by atoms with Crippen LogP contribution in [0.15, 0.2) is 12.5 Å². The number of nitrogens with one attached hydrogen (secondary N) is 8. The second-order valence-electron chi connectivity index (χ2n) is 9.25. The fraction of sp³-hybridized carbons (Fsp3) is 0.435. The van der Waals surface area contributed by atoms with Gasteiger partial charge in [-0.15, -0.1) is 0 Å². The minimum absolute atomic E-state index is 0.225. The van der Waals surface area contributed by atoms with E-state index in [1.54, 1.807) is 0 Å². The molecule has 10 amide bonds. The zero-order chi connectivity index (χ0) is 34.8. The number of nitrogens with zero attached hydrogens (tertiary/aromatic N) is 1. The number of rotatable bonds is 20. The number of nitrogens with two attached hydrogens (primary N) is 4. The third kappa shape index (κ3) is 15.4. The van der Waals surface area contributed by atoms with Crippen LogP contribution in [0.5, 0.6) is 0 Å². The maximum Gasteiger partial charge on any atom is 0.253 e. The molecule has 0 spiro atoms. The maximum absolute atomic E-state index is 12.9. The van der Waals surface area contributed by atoms with E-state index in [9.17, 15) is 47.9 Å². The SMILES string of the molecule is NC(=O)CNC(=O)CNC(=O)CNC(=O)CNC(=O)CNC(=O)[C@H](Cc1cnc[nH]1)NC(=O)[C@@H](NC(=O)[C@@H](N)CC(N)=O)C(N)=O. The number of imidazole rings is 1. The van der Waals surface area contributed by atoms with Crippen LogP contribution in [0.3, 0.4) is 0 Å². The first kappa shape index (κ1) is 37.9. The topological polar surface area (TPSA) is 388 Å². The summed E-state index contributed by atoms with van der Waals surface area (Å²) in [6.45, 7) is -2.74. The fourth-order valence-electron chi connectivity index (χ4n) is 3.17. The molecule has 0 aromatic carbocycles. The van der Waals surface area contributed by atoms with Gasteiger partial charge >= 0.3 is 0 Å². The number of hydrogen-bond acceptors (Lipinski definition) is 12. The van der Waals surface area contributed by atoms with Crippen LogP contribution in [0.4, 0.5) is 0 Å². The second-order valence-corrected chi connectivity index (χ2v) is 9.25. The molecular formula is C23H35N13O10. The lowest BCUT2D eigenvalue weighted by Gasteiger charge is -2.22. The lowest BCUT2D eigenvalue weighted by atomic mass is 10.1. The van der Waals surface area contributed by atoms with Gasteiger partial charge in [0, 0.05) is 18.3 Å². The quantitative estimate of drug-likeness (QED) is 0.0584. The average Bonchev–Trinajstić information content (AvgIpc) is 3.50. The molecule has 46 heavy (non-hydrogen) atoms. The third-order valence-electron chi connectivity index (χ3n) is 5.42. The molecule has 1 aromatic heterocycles. The number of aromatic amines is 1. The van der Waals surface area contributed by atoms with Crippen molar-refractivity contribution >= 4 is 59.1 Å². The molecule has 252 valence electrons. The first-order valence-electron chi connectivity index (χ1n) is 13.1. The summed E-state index contributed by atoms with van der Waals surface area (Å²) in [6.07, 6.45) is 1.79. The summed E-state index contributed by atoms with van der Waals surface area (Å²) in [6, 6.07) is -4.95. The van der Waals surface area contributed by atoms with Gasteiger partial charge in [-0.05, 0) is 0 Å². The van der Waals surface area contributed by atoms with Crippen molar-refractivity contribution in [3.8, 4) is 0 Å². The van der Waals surface area contributed by atoms with Gasteiger partial charge in [-0.25, -0.2) is 4.98 Å². The van der Waals surface area contributed by atoms with Crippen LogP contribution in [0, 0.1) is 0 Å². The molecular weight excluding hydrogens is 618 g/mol. The lowest BCUT2D eigenvalue weighted by molar-refractivity contribution is -0.137. The molecule has 23 heteroatoms. The van der Waals surface area contributed by atoms with E-state index in [2.05, 4.69) is 41.9 Å². The molecule has 16 N–H and O–H groups in total. The highest BCUT2D eigenvalue weighted by atomic mass is 16.2. The number of aromatic nitrogens is 2. The van der Waals surface area contributed by atoms with Gasteiger partial charge in [0.05, 0.1) is 51.5 Å². The Kier molecular flexibility index (Phi) is 15.8. The summed E-state index contributed by atoms with van der Waals surface area (Å²) in [5, 5.41) is 15.1. The summed E-state index contributed by atoms with van der Waals surface area (Å²) < 4.78 is 0. The highest BCUT2D eigenvalue weighted by Crippen LogP contribution is 2.01. The second kappa shape index (κ2) is 19.2. The van der Waals surface area contributed by atoms with Crippen LogP contribution in [-0.2, 0) is 54.4 Å². The van der Waals surface area contributed by atoms with Gasteiger partial charge in [-0.3, -0.25) is 47.9 Å². The fourth-order valence-corrected chi connectivity index (χ4v) is 3.17. The van der Waals surface area contributed by atoms with Gasteiger partial charge in [-0.1, -0.05) is 0 Å². The Morgan fingerprint density at radius 2 is 1.15 bits per heavy atom. The summed E-state index contributed by atoms with van der Waals surface area (Å²) in [4.78, 5) is 125. The molecule has 3 atom stereocenters. The number of carbonyl (C=O) groups excluding carboxylic acids is 10. The Bertz CT molecular complexity index is 1320. The van der Waals surface area contributed by atoms with Gasteiger partial charge in [0.25, 0.3) is 5.91 Å². The Morgan fingerprint density at radius 1 is 0.652 bits per heavy atom. The highest BCUT2D eigenvalue weighted by Gasteiger charge is 2.32. The molecule has 1 heterocycles. The monoisotopic (exact) mass is 653 g/mol. The minimum atomic E-state index is -2.01. The zero-order valence-corrected chi connectivity index (χ0v) is 24.2. The predicted molar refractivity (Wildman–Crippen MR) is 151 cm³/mol. The van der Waals surface area contributed by atoms with E-state index in [-0.39, 0.29) is 6.42 Å². The molecule has 0 radical (unpaired) electrons. The summed E-state index contributed by atoms with van der Waals surface area (Å²) in [5.41, 5.74) is 20.9. The van der Waals surface area contributed by atoms with Crippen LogP contribution in [0.2, 0.25) is 0 Å². The number of primary amides is 3. The normalized spacial score (nSPS) is 12.2. The third-order valence-corrected chi connectivity index (χ3v) is 5.42.